The Morgan fingerprint density at radius 1 is 0.536 bits per heavy atom. The normalized spacial score (nSPS) is 10.4. The molecule has 0 N–H and O–H groups in total. The fourth-order valence-electron chi connectivity index (χ4n) is 3.45. The van der Waals surface area contributed by atoms with Gasteiger partial charge in [0.15, 0.2) is 6.29 Å². The molecule has 2 heteroatoms. The van der Waals surface area contributed by atoms with Crippen molar-refractivity contribution in [3.8, 4) is 33.4 Å². The van der Waals surface area contributed by atoms with Gasteiger partial charge in [0, 0.05) is 11.1 Å². The van der Waals surface area contributed by atoms with Crippen LogP contribution in [0.15, 0.2) is 103 Å². The topological polar surface area (TPSA) is 34.1 Å². The average Bonchev–Trinajstić information content (AvgIpc) is 2.79. The maximum absolute atomic E-state index is 12.3. The third-order valence-corrected chi connectivity index (χ3v) is 4.80. The van der Waals surface area contributed by atoms with E-state index in [4.69, 9.17) is 0 Å². The molecule has 0 saturated carbocycles. The highest BCUT2D eigenvalue weighted by molar-refractivity contribution is 6.35. The van der Waals surface area contributed by atoms with E-state index in [1.807, 2.05) is 60.7 Å². The molecule has 2 nitrogen and oxygen atoms in total. The van der Waals surface area contributed by atoms with Crippen molar-refractivity contribution in [2.75, 3.05) is 0 Å². The zero-order valence-corrected chi connectivity index (χ0v) is 15.2. The van der Waals surface area contributed by atoms with Crippen LogP contribution in [0.25, 0.3) is 33.4 Å². The van der Waals surface area contributed by atoms with Gasteiger partial charge in [-0.1, -0.05) is 103 Å². The number of hydrogen-bond acceptors (Lipinski definition) is 2. The Morgan fingerprint density at radius 2 is 1.07 bits per heavy atom. The van der Waals surface area contributed by atoms with Crippen molar-refractivity contribution in [1.29, 1.82) is 0 Å². The molecule has 0 aromatic heterocycles. The van der Waals surface area contributed by atoms with E-state index in [9.17, 15) is 9.59 Å². The molecule has 0 spiro atoms. The van der Waals surface area contributed by atoms with Gasteiger partial charge in [0.05, 0.1) is 0 Å². The molecule has 28 heavy (non-hydrogen) atoms. The Balaban J connectivity index is 1.86. The number of rotatable bonds is 5. The molecule has 0 unspecified atom stereocenters. The van der Waals surface area contributed by atoms with E-state index in [1.165, 1.54) is 0 Å². The van der Waals surface area contributed by atoms with Gasteiger partial charge >= 0.3 is 0 Å². The Bertz CT molecular complexity index is 1110. The molecule has 0 amide bonds. The summed E-state index contributed by atoms with van der Waals surface area (Å²) < 4.78 is 0. The molecule has 0 aliphatic rings. The molecule has 0 heterocycles. The molecule has 134 valence electrons. The lowest BCUT2D eigenvalue weighted by molar-refractivity contribution is -0.104. The number of carbonyl (C=O) groups excluding carboxylic acids is 2. The predicted octanol–water partition coefficient (Wildman–Crippen LogP) is 6.07. The van der Waals surface area contributed by atoms with Crippen LogP contribution in [0.2, 0.25) is 0 Å². The summed E-state index contributed by atoms with van der Waals surface area (Å²) >= 11 is 0. The zero-order chi connectivity index (χ0) is 19.3. The third kappa shape index (κ3) is 3.40. The summed E-state index contributed by atoms with van der Waals surface area (Å²) in [5.74, 6) is -0.512. The molecule has 0 aliphatic carbocycles. The van der Waals surface area contributed by atoms with Crippen molar-refractivity contribution in [2.45, 2.75) is 0 Å². The van der Waals surface area contributed by atoms with E-state index >= 15 is 0 Å². The van der Waals surface area contributed by atoms with Crippen LogP contribution in [-0.4, -0.2) is 12.1 Å². The van der Waals surface area contributed by atoms with Crippen LogP contribution in [0.4, 0.5) is 0 Å². The summed E-state index contributed by atoms with van der Waals surface area (Å²) in [6.45, 7) is 0. The third-order valence-electron chi connectivity index (χ3n) is 4.80. The van der Waals surface area contributed by atoms with Crippen molar-refractivity contribution in [2.24, 2.45) is 0 Å². The second kappa shape index (κ2) is 7.85. The van der Waals surface area contributed by atoms with Crippen molar-refractivity contribution >= 4 is 12.1 Å². The number of benzene rings is 4. The molecular formula is C26H18O2. The van der Waals surface area contributed by atoms with Crippen LogP contribution in [-0.2, 0) is 4.79 Å². The van der Waals surface area contributed by atoms with E-state index in [-0.39, 0.29) is 0 Å². The second-order valence-electron chi connectivity index (χ2n) is 6.52. The Kier molecular flexibility index (Phi) is 4.94. The van der Waals surface area contributed by atoms with Gasteiger partial charge in [-0.2, -0.15) is 0 Å². The molecule has 4 rings (SSSR count). The number of aldehydes is 1. The predicted molar refractivity (Wildman–Crippen MR) is 113 cm³/mol. The Labute approximate surface area is 164 Å². The minimum absolute atomic E-state index is 0.379. The van der Waals surface area contributed by atoms with Crippen molar-refractivity contribution in [3.63, 3.8) is 0 Å². The van der Waals surface area contributed by atoms with Crippen LogP contribution in [0.1, 0.15) is 10.4 Å². The molecule has 0 aliphatic heterocycles. The van der Waals surface area contributed by atoms with Gasteiger partial charge in [-0.05, 0) is 27.8 Å². The molecule has 0 saturated heterocycles. The highest BCUT2D eigenvalue weighted by atomic mass is 16.2. The molecule has 4 aromatic carbocycles. The van der Waals surface area contributed by atoms with E-state index in [2.05, 4.69) is 36.4 Å². The largest absolute Gasteiger partial charge is 0.294 e. The van der Waals surface area contributed by atoms with Gasteiger partial charge in [-0.15, -0.1) is 0 Å². The summed E-state index contributed by atoms with van der Waals surface area (Å²) in [5, 5.41) is 0. The monoisotopic (exact) mass is 362 g/mol. The molecule has 0 bridgehead atoms. The van der Waals surface area contributed by atoms with E-state index in [0.717, 1.165) is 33.4 Å². The molecule has 4 aromatic rings. The lowest BCUT2D eigenvalue weighted by Gasteiger charge is -2.14. The maximum Gasteiger partial charge on any atom is 0.226 e. The smallest absolute Gasteiger partial charge is 0.226 e. The SMILES string of the molecule is O=CC(=O)c1cccc(-c2ccc(-c3ccccc3)cc2)c1-c1ccccc1. The number of Topliss-reactive ketones (excluding diaryl/α,β-unsaturated/α-hetero) is 1. The fourth-order valence-corrected chi connectivity index (χ4v) is 3.45. The molecular weight excluding hydrogens is 344 g/mol. The highest BCUT2D eigenvalue weighted by Crippen LogP contribution is 2.36. The van der Waals surface area contributed by atoms with Gasteiger partial charge < -0.3 is 0 Å². The van der Waals surface area contributed by atoms with Crippen LogP contribution >= 0.6 is 0 Å². The number of hydrogen-bond donors (Lipinski definition) is 0. The van der Waals surface area contributed by atoms with Crippen LogP contribution in [0.3, 0.4) is 0 Å². The van der Waals surface area contributed by atoms with E-state index in [1.54, 1.807) is 6.07 Å². The Morgan fingerprint density at radius 3 is 1.68 bits per heavy atom. The zero-order valence-electron chi connectivity index (χ0n) is 15.2. The van der Waals surface area contributed by atoms with Crippen molar-refractivity contribution in [3.05, 3.63) is 109 Å². The highest BCUT2D eigenvalue weighted by Gasteiger charge is 2.17. The van der Waals surface area contributed by atoms with E-state index in [0.29, 0.717) is 11.8 Å². The van der Waals surface area contributed by atoms with Crippen molar-refractivity contribution < 1.29 is 9.59 Å². The maximum atomic E-state index is 12.3. The van der Waals surface area contributed by atoms with Gasteiger partial charge in [0.2, 0.25) is 5.78 Å². The minimum atomic E-state index is -0.512. The quantitative estimate of drug-likeness (QED) is 0.245. The first kappa shape index (κ1) is 17.6. The average molecular weight is 362 g/mol. The second-order valence-corrected chi connectivity index (χ2v) is 6.52. The van der Waals surface area contributed by atoms with E-state index < -0.39 is 5.78 Å². The summed E-state index contributed by atoms with van der Waals surface area (Å²) in [7, 11) is 0. The summed E-state index contributed by atoms with van der Waals surface area (Å²) in [6, 6.07) is 33.7. The summed E-state index contributed by atoms with van der Waals surface area (Å²) in [6.07, 6.45) is 0.379. The minimum Gasteiger partial charge on any atom is -0.294 e. The van der Waals surface area contributed by atoms with Crippen LogP contribution < -0.4 is 0 Å². The van der Waals surface area contributed by atoms with Gasteiger partial charge in [0.25, 0.3) is 0 Å². The van der Waals surface area contributed by atoms with Crippen molar-refractivity contribution in [1.82, 2.24) is 0 Å². The number of ketones is 1. The lowest BCUT2D eigenvalue weighted by Crippen LogP contribution is -2.03. The first-order valence-corrected chi connectivity index (χ1v) is 9.12. The molecule has 0 radical (unpaired) electrons. The summed E-state index contributed by atoms with van der Waals surface area (Å²) in [4.78, 5) is 23.5. The standard InChI is InChI=1S/C26H18O2/c27-18-25(28)24-13-7-12-23(26(24)22-10-5-2-6-11-22)21-16-14-20(15-17-21)19-8-3-1-4-9-19/h1-18H. The van der Waals surface area contributed by atoms with Crippen LogP contribution in [0.5, 0.6) is 0 Å². The van der Waals surface area contributed by atoms with Crippen LogP contribution in [0, 0.1) is 0 Å². The summed E-state index contributed by atoms with van der Waals surface area (Å²) in [5.41, 5.74) is 6.33. The van der Waals surface area contributed by atoms with Gasteiger partial charge in [-0.3, -0.25) is 9.59 Å². The number of carbonyl (C=O) groups is 2. The lowest BCUT2D eigenvalue weighted by atomic mass is 9.88. The first-order chi connectivity index (χ1) is 13.8. The van der Waals surface area contributed by atoms with Gasteiger partial charge in [0.1, 0.15) is 0 Å². The molecule has 0 fully saturated rings. The first-order valence-electron chi connectivity index (χ1n) is 9.12. The van der Waals surface area contributed by atoms with Gasteiger partial charge in [-0.25, -0.2) is 0 Å². The Hall–Kier alpha value is -3.78. The molecule has 0 atom stereocenters. The fraction of sp³-hybridized carbons (Fsp3) is 0.